The van der Waals surface area contributed by atoms with Crippen molar-refractivity contribution < 1.29 is 28.2 Å². The number of hydrogen-bond donors (Lipinski definition) is 0. The number of benzene rings is 3. The van der Waals surface area contributed by atoms with Gasteiger partial charge in [-0.1, -0.05) is 44.2 Å². The van der Waals surface area contributed by atoms with Crippen molar-refractivity contribution in [2.24, 2.45) is 5.92 Å². The standard InChI is InChI=1S/C34H39ClFN3O5/c1-23(2)29-22-37(19-20-38(29)33(42)44-34(3,4)5)32(41)31(24-11-13-25(36)14-12-24)39(30(40)21-35)26-15-17-28(18-16-26)43-27-9-7-6-8-10-27/h6-18,23,29,31H,19-22H2,1-5H3/t29-,31-/m0/s1. The number of alkyl halides is 1. The summed E-state index contributed by atoms with van der Waals surface area (Å²) in [6, 6.07) is 20.1. The van der Waals surface area contributed by atoms with Crippen LogP contribution < -0.4 is 9.64 Å². The van der Waals surface area contributed by atoms with Gasteiger partial charge < -0.3 is 19.3 Å². The Morgan fingerprint density at radius 1 is 0.932 bits per heavy atom. The SMILES string of the molecule is CC(C)[C@@H]1CN(C(=O)[C@H](c2ccc(F)cc2)N(C(=O)CCl)c2ccc(Oc3ccccc3)cc2)CCN1C(=O)OC(C)(C)C. The molecule has 1 heterocycles. The van der Waals surface area contributed by atoms with Crippen LogP contribution in [0.15, 0.2) is 78.9 Å². The first kappa shape index (κ1) is 32.8. The van der Waals surface area contributed by atoms with Crippen LogP contribution in [0.2, 0.25) is 0 Å². The molecule has 4 rings (SSSR count). The third kappa shape index (κ3) is 8.08. The van der Waals surface area contributed by atoms with E-state index in [0.29, 0.717) is 22.7 Å². The molecule has 8 nitrogen and oxygen atoms in total. The predicted molar refractivity (Wildman–Crippen MR) is 168 cm³/mol. The van der Waals surface area contributed by atoms with E-state index in [1.54, 1.807) is 34.1 Å². The number of amides is 3. The number of piperazine rings is 1. The van der Waals surface area contributed by atoms with E-state index in [9.17, 15) is 18.8 Å². The monoisotopic (exact) mass is 623 g/mol. The van der Waals surface area contributed by atoms with Gasteiger partial charge >= 0.3 is 6.09 Å². The summed E-state index contributed by atoms with van der Waals surface area (Å²) in [6.07, 6.45) is -0.435. The highest BCUT2D eigenvalue weighted by Gasteiger charge is 2.41. The molecular weight excluding hydrogens is 585 g/mol. The summed E-state index contributed by atoms with van der Waals surface area (Å²) in [5.41, 5.74) is 0.185. The normalized spacial score (nSPS) is 16.0. The summed E-state index contributed by atoms with van der Waals surface area (Å²) in [5.74, 6) is -0.509. The topological polar surface area (TPSA) is 79.4 Å². The van der Waals surface area contributed by atoms with Gasteiger partial charge in [-0.3, -0.25) is 14.5 Å². The number of hydrogen-bond acceptors (Lipinski definition) is 5. The van der Waals surface area contributed by atoms with Gasteiger partial charge in [0.2, 0.25) is 5.91 Å². The van der Waals surface area contributed by atoms with E-state index in [-0.39, 0.29) is 43.4 Å². The first-order chi connectivity index (χ1) is 20.9. The maximum atomic E-state index is 14.4. The molecule has 0 saturated carbocycles. The Kier molecular flexibility index (Phi) is 10.5. The molecule has 44 heavy (non-hydrogen) atoms. The molecule has 3 aromatic carbocycles. The van der Waals surface area contributed by atoms with Crippen molar-refractivity contribution in [1.29, 1.82) is 0 Å². The highest BCUT2D eigenvalue weighted by molar-refractivity contribution is 6.29. The molecule has 0 aromatic heterocycles. The second-order valence-electron chi connectivity index (χ2n) is 12.0. The first-order valence-electron chi connectivity index (χ1n) is 14.6. The Morgan fingerprint density at radius 3 is 2.11 bits per heavy atom. The molecule has 3 aromatic rings. The van der Waals surface area contributed by atoms with E-state index >= 15 is 0 Å². The average Bonchev–Trinajstić information content (AvgIpc) is 2.99. The van der Waals surface area contributed by atoms with Crippen LogP contribution in [0.5, 0.6) is 11.5 Å². The fraction of sp³-hybridized carbons (Fsp3) is 0.382. The lowest BCUT2D eigenvalue weighted by atomic mass is 9.97. The number of para-hydroxylation sites is 1. The average molecular weight is 624 g/mol. The molecule has 1 saturated heterocycles. The van der Waals surface area contributed by atoms with E-state index in [1.165, 1.54) is 29.2 Å². The number of rotatable bonds is 8. The second kappa shape index (κ2) is 14.1. The van der Waals surface area contributed by atoms with Crippen LogP contribution in [0.1, 0.15) is 46.2 Å². The van der Waals surface area contributed by atoms with Crippen LogP contribution in [0.4, 0.5) is 14.9 Å². The van der Waals surface area contributed by atoms with Gasteiger partial charge in [0.15, 0.2) is 0 Å². The molecular formula is C34H39ClFN3O5. The second-order valence-corrected chi connectivity index (χ2v) is 12.3. The molecule has 2 atom stereocenters. The van der Waals surface area contributed by atoms with Gasteiger partial charge in [-0.05, 0) is 80.8 Å². The largest absolute Gasteiger partial charge is 0.457 e. The first-order valence-corrected chi connectivity index (χ1v) is 15.2. The molecule has 0 spiro atoms. The molecule has 3 amide bonds. The maximum Gasteiger partial charge on any atom is 0.410 e. The van der Waals surface area contributed by atoms with Crippen LogP contribution in [0, 0.1) is 11.7 Å². The van der Waals surface area contributed by atoms with E-state index in [4.69, 9.17) is 21.1 Å². The van der Waals surface area contributed by atoms with Gasteiger partial charge in [0, 0.05) is 25.3 Å². The van der Waals surface area contributed by atoms with Gasteiger partial charge in [0.25, 0.3) is 5.91 Å². The van der Waals surface area contributed by atoms with Crippen LogP contribution >= 0.6 is 11.6 Å². The number of anilines is 1. The summed E-state index contributed by atoms with van der Waals surface area (Å²) in [5, 5.41) is 0. The summed E-state index contributed by atoms with van der Waals surface area (Å²) in [6.45, 7) is 10.1. The molecule has 0 bridgehead atoms. The summed E-state index contributed by atoms with van der Waals surface area (Å²) >= 11 is 6.10. The van der Waals surface area contributed by atoms with Crippen molar-refractivity contribution >= 4 is 35.2 Å². The van der Waals surface area contributed by atoms with Crippen molar-refractivity contribution in [3.8, 4) is 11.5 Å². The minimum absolute atomic E-state index is 0.0140. The number of nitrogens with zero attached hydrogens (tertiary/aromatic N) is 3. The minimum atomic E-state index is -1.14. The Labute approximate surface area is 263 Å². The number of carbonyl (C=O) groups is 3. The van der Waals surface area contributed by atoms with E-state index in [2.05, 4.69) is 0 Å². The van der Waals surface area contributed by atoms with Gasteiger partial charge in [-0.25, -0.2) is 9.18 Å². The number of halogens is 2. The lowest BCUT2D eigenvalue weighted by Gasteiger charge is -2.45. The Bertz CT molecular complexity index is 1430. The fourth-order valence-electron chi connectivity index (χ4n) is 5.15. The molecule has 10 heteroatoms. The van der Waals surface area contributed by atoms with Crippen LogP contribution in [0.25, 0.3) is 0 Å². The van der Waals surface area contributed by atoms with Gasteiger partial charge in [-0.2, -0.15) is 0 Å². The molecule has 0 N–H and O–H groups in total. The van der Waals surface area contributed by atoms with Crippen molar-refractivity contribution in [2.75, 3.05) is 30.4 Å². The quantitative estimate of drug-likeness (QED) is 0.252. The summed E-state index contributed by atoms with van der Waals surface area (Å²) in [7, 11) is 0. The molecule has 0 radical (unpaired) electrons. The molecule has 1 aliphatic rings. The van der Waals surface area contributed by atoms with E-state index in [0.717, 1.165) is 0 Å². The zero-order chi connectivity index (χ0) is 32.0. The number of ether oxygens (including phenoxy) is 2. The van der Waals surface area contributed by atoms with Gasteiger partial charge in [0.1, 0.15) is 34.8 Å². The van der Waals surface area contributed by atoms with Crippen LogP contribution in [0.3, 0.4) is 0 Å². The number of carbonyl (C=O) groups excluding carboxylic acids is 3. The van der Waals surface area contributed by atoms with Crippen LogP contribution in [-0.4, -0.2) is 64.9 Å². The van der Waals surface area contributed by atoms with E-state index in [1.807, 2.05) is 65.0 Å². The fourth-order valence-corrected chi connectivity index (χ4v) is 5.28. The van der Waals surface area contributed by atoms with Crippen molar-refractivity contribution in [3.63, 3.8) is 0 Å². The maximum absolute atomic E-state index is 14.4. The summed E-state index contributed by atoms with van der Waals surface area (Å²) in [4.78, 5) is 45.6. The third-order valence-electron chi connectivity index (χ3n) is 7.28. The molecule has 1 aliphatic heterocycles. The van der Waals surface area contributed by atoms with Crippen LogP contribution in [-0.2, 0) is 14.3 Å². The zero-order valence-electron chi connectivity index (χ0n) is 25.7. The van der Waals surface area contributed by atoms with Crippen molar-refractivity contribution in [3.05, 3.63) is 90.2 Å². The third-order valence-corrected chi connectivity index (χ3v) is 7.51. The molecule has 0 aliphatic carbocycles. The Morgan fingerprint density at radius 2 is 1.55 bits per heavy atom. The van der Waals surface area contributed by atoms with E-state index < -0.39 is 29.5 Å². The lowest BCUT2D eigenvalue weighted by molar-refractivity contribution is -0.137. The van der Waals surface area contributed by atoms with Gasteiger partial charge in [-0.15, -0.1) is 11.6 Å². The van der Waals surface area contributed by atoms with Gasteiger partial charge in [0.05, 0.1) is 6.04 Å². The minimum Gasteiger partial charge on any atom is -0.457 e. The zero-order valence-corrected chi connectivity index (χ0v) is 26.5. The van der Waals surface area contributed by atoms with Crippen molar-refractivity contribution in [1.82, 2.24) is 9.80 Å². The highest BCUT2D eigenvalue weighted by Crippen LogP contribution is 2.33. The Hall–Kier alpha value is -4.11. The molecule has 234 valence electrons. The molecule has 1 fully saturated rings. The Balaban J connectivity index is 1.67. The predicted octanol–water partition coefficient (Wildman–Crippen LogP) is 7.04. The highest BCUT2D eigenvalue weighted by atomic mass is 35.5. The van der Waals surface area contributed by atoms with Crippen molar-refractivity contribution in [2.45, 2.75) is 52.3 Å². The smallest absolute Gasteiger partial charge is 0.410 e. The molecule has 0 unspecified atom stereocenters. The summed E-state index contributed by atoms with van der Waals surface area (Å²) < 4.78 is 25.5. The lowest BCUT2D eigenvalue weighted by Crippen LogP contribution is -2.60.